The van der Waals surface area contributed by atoms with Gasteiger partial charge in [-0.1, -0.05) is 60.1 Å². The molecule has 2 aromatic carbocycles. The van der Waals surface area contributed by atoms with Crippen molar-refractivity contribution in [1.29, 1.82) is 0 Å². The van der Waals surface area contributed by atoms with Crippen molar-refractivity contribution in [3.8, 4) is 33.6 Å². The molecule has 6 atom stereocenters. The molecule has 10 nitrogen and oxygen atoms in total. The fourth-order valence-corrected chi connectivity index (χ4v) is 7.84. The topological polar surface area (TPSA) is 116 Å². The van der Waals surface area contributed by atoms with Crippen LogP contribution in [-0.2, 0) is 9.47 Å². The molecular formula is C38H43ClN6O4. The van der Waals surface area contributed by atoms with Crippen molar-refractivity contribution in [1.82, 2.24) is 29.7 Å². The number of benzene rings is 2. The highest BCUT2D eigenvalue weighted by molar-refractivity contribution is 6.31. The summed E-state index contributed by atoms with van der Waals surface area (Å²) in [7, 11) is 0. The van der Waals surface area contributed by atoms with Gasteiger partial charge in [0.25, 0.3) is 0 Å². The van der Waals surface area contributed by atoms with Gasteiger partial charge in [-0.3, -0.25) is 9.80 Å². The Kier molecular flexibility index (Phi) is 7.41. The van der Waals surface area contributed by atoms with Crippen LogP contribution < -0.4 is 0 Å². The molecule has 0 radical (unpaired) electrons. The average Bonchev–Trinajstić information content (AvgIpc) is 3.67. The minimum atomic E-state index is -0.562. The van der Waals surface area contributed by atoms with Crippen LogP contribution in [0, 0.1) is 11.8 Å². The van der Waals surface area contributed by atoms with Gasteiger partial charge in [0.05, 0.1) is 24.0 Å². The number of amides is 2. The lowest BCUT2D eigenvalue weighted by Gasteiger charge is -2.29. The Morgan fingerprint density at radius 1 is 0.694 bits per heavy atom. The number of nitrogens with zero attached hydrogens (tertiary/aromatic N) is 4. The number of hydrogen-bond acceptors (Lipinski definition) is 6. The second kappa shape index (κ2) is 11.4. The van der Waals surface area contributed by atoms with Gasteiger partial charge in [-0.15, -0.1) is 0 Å². The summed E-state index contributed by atoms with van der Waals surface area (Å²) in [6, 6.07) is 16.7. The summed E-state index contributed by atoms with van der Waals surface area (Å²) < 4.78 is 11.4. The maximum atomic E-state index is 13.1. The van der Waals surface area contributed by atoms with E-state index in [1.165, 1.54) is 0 Å². The van der Waals surface area contributed by atoms with Crippen LogP contribution in [0.15, 0.2) is 54.7 Å². The summed E-state index contributed by atoms with van der Waals surface area (Å²) in [6.07, 6.45) is 5.10. The molecule has 49 heavy (non-hydrogen) atoms. The van der Waals surface area contributed by atoms with E-state index in [4.69, 9.17) is 31.0 Å². The van der Waals surface area contributed by atoms with Crippen molar-refractivity contribution in [2.45, 2.75) is 103 Å². The number of imidazole rings is 2. The highest BCUT2D eigenvalue weighted by Gasteiger charge is 2.57. The molecule has 11 heteroatoms. The smallest absolute Gasteiger partial charge is 0.411 e. The van der Waals surface area contributed by atoms with Crippen LogP contribution in [-0.4, -0.2) is 65.2 Å². The maximum absolute atomic E-state index is 13.1. The Balaban J connectivity index is 0.952. The standard InChI is InChI=1S/C38H43ClN6O4/c1-37(2,3)48-35(46)44-27-15-24(27)17-29(44)33-40-19-26(41-33)22-11-7-20(8-12-22)21-9-13-23(14-10-21)31-32(39)43-34(42-31)30-18-25-16-28(25)45(30)36(47)49-38(4,5)6/h7-14,19,24-25,27-30H,15-18H2,1-6H3,(H,40,41)(H,42,43)/t24-,25-,27-,28-,29+,30+/m1/s1. The summed E-state index contributed by atoms with van der Waals surface area (Å²) in [5.41, 5.74) is 4.54. The third-order valence-electron chi connectivity index (χ3n) is 10.0. The minimum Gasteiger partial charge on any atom is -0.444 e. The number of piperidine rings is 2. The van der Waals surface area contributed by atoms with Gasteiger partial charge in [0.15, 0.2) is 0 Å². The van der Waals surface area contributed by atoms with Gasteiger partial charge in [0.1, 0.15) is 33.7 Å². The molecule has 4 heterocycles. The molecule has 0 unspecified atom stereocenters. The van der Waals surface area contributed by atoms with Gasteiger partial charge in [-0.25, -0.2) is 19.6 Å². The first-order chi connectivity index (χ1) is 23.2. The molecule has 2 saturated carbocycles. The van der Waals surface area contributed by atoms with E-state index in [-0.39, 0.29) is 36.4 Å². The number of halogens is 1. The zero-order valence-corrected chi connectivity index (χ0v) is 29.5. The third kappa shape index (κ3) is 6.20. The van der Waals surface area contributed by atoms with Gasteiger partial charge < -0.3 is 19.4 Å². The van der Waals surface area contributed by atoms with Crippen LogP contribution in [0.2, 0.25) is 5.15 Å². The van der Waals surface area contributed by atoms with E-state index < -0.39 is 11.2 Å². The van der Waals surface area contributed by atoms with E-state index in [1.54, 1.807) is 0 Å². The Hall–Kier alpha value is -4.31. The Morgan fingerprint density at radius 3 is 1.67 bits per heavy atom. The Morgan fingerprint density at radius 2 is 1.16 bits per heavy atom. The number of fused-ring (bicyclic) bond motifs is 2. The van der Waals surface area contributed by atoms with E-state index in [0.29, 0.717) is 28.5 Å². The quantitative estimate of drug-likeness (QED) is 0.217. The number of aromatic nitrogens is 4. The van der Waals surface area contributed by atoms with E-state index in [0.717, 1.165) is 59.5 Å². The third-order valence-corrected chi connectivity index (χ3v) is 10.3. The summed E-state index contributed by atoms with van der Waals surface area (Å²) in [4.78, 5) is 46.1. The van der Waals surface area contributed by atoms with Crippen molar-refractivity contribution in [3.63, 3.8) is 0 Å². The van der Waals surface area contributed by atoms with E-state index in [9.17, 15) is 9.59 Å². The normalized spacial score (nSPS) is 25.6. The molecule has 4 fully saturated rings. The summed E-state index contributed by atoms with van der Waals surface area (Å²) >= 11 is 6.69. The van der Waals surface area contributed by atoms with Crippen molar-refractivity contribution >= 4 is 23.8 Å². The fraction of sp³-hybridized carbons (Fsp3) is 0.474. The lowest BCUT2D eigenvalue weighted by molar-refractivity contribution is 0.0164. The molecule has 256 valence electrons. The van der Waals surface area contributed by atoms with Crippen molar-refractivity contribution < 1.29 is 19.1 Å². The molecule has 4 aromatic rings. The number of ether oxygens (including phenoxy) is 2. The number of hydrogen-bond donors (Lipinski definition) is 2. The van der Waals surface area contributed by atoms with Crippen LogP contribution in [0.4, 0.5) is 9.59 Å². The van der Waals surface area contributed by atoms with Gasteiger partial charge in [0.2, 0.25) is 0 Å². The highest BCUT2D eigenvalue weighted by atomic mass is 35.5. The van der Waals surface area contributed by atoms with Gasteiger partial charge in [-0.05, 0) is 95.8 Å². The highest BCUT2D eigenvalue weighted by Crippen LogP contribution is 2.54. The first-order valence-electron chi connectivity index (χ1n) is 17.3. The van der Waals surface area contributed by atoms with Crippen molar-refractivity contribution in [2.75, 3.05) is 0 Å². The Labute approximate surface area is 291 Å². The second-order valence-electron chi connectivity index (χ2n) is 16.0. The van der Waals surface area contributed by atoms with E-state index >= 15 is 0 Å². The number of rotatable bonds is 5. The van der Waals surface area contributed by atoms with Crippen molar-refractivity contribution in [3.05, 3.63) is 71.5 Å². The summed E-state index contributed by atoms with van der Waals surface area (Å²) in [5, 5.41) is 0.458. The molecule has 2 aliphatic heterocycles. The van der Waals surface area contributed by atoms with Gasteiger partial charge in [0, 0.05) is 17.6 Å². The SMILES string of the molecule is CC(C)(C)OC(=O)N1[C@@H]2C[C@@H]2C[C@H]1c1ncc(-c2ccc(-c3ccc(-c4nc([C@@H]5C[C@H]6C[C@H]6N5C(=O)OC(C)(C)C)[nH]c4Cl)cc3)cc2)[nH]1. The largest absolute Gasteiger partial charge is 0.444 e. The number of likely N-dealkylation sites (tertiary alicyclic amines) is 2. The van der Waals surface area contributed by atoms with Crippen molar-refractivity contribution in [2.24, 2.45) is 11.8 Å². The lowest BCUT2D eigenvalue weighted by Crippen LogP contribution is -2.38. The van der Waals surface area contributed by atoms with Crippen LogP contribution >= 0.6 is 11.6 Å². The summed E-state index contributed by atoms with van der Waals surface area (Å²) in [6.45, 7) is 11.4. The fourth-order valence-electron chi connectivity index (χ4n) is 7.59. The number of carbonyl (C=O) groups is 2. The number of H-pyrrole nitrogens is 2. The molecule has 2 aliphatic carbocycles. The molecule has 0 bridgehead atoms. The zero-order valence-electron chi connectivity index (χ0n) is 28.8. The summed E-state index contributed by atoms with van der Waals surface area (Å²) in [5.74, 6) is 2.51. The minimum absolute atomic E-state index is 0.100. The lowest BCUT2D eigenvalue weighted by atomic mass is 10.0. The first-order valence-corrected chi connectivity index (χ1v) is 17.6. The van der Waals surface area contributed by atoms with Crippen LogP contribution in [0.5, 0.6) is 0 Å². The predicted molar refractivity (Wildman–Crippen MR) is 187 cm³/mol. The van der Waals surface area contributed by atoms with E-state index in [2.05, 4.69) is 46.4 Å². The molecule has 0 spiro atoms. The first kappa shape index (κ1) is 31.9. The van der Waals surface area contributed by atoms with Gasteiger partial charge >= 0.3 is 12.2 Å². The predicted octanol–water partition coefficient (Wildman–Crippen LogP) is 8.93. The van der Waals surface area contributed by atoms with Gasteiger partial charge in [-0.2, -0.15) is 0 Å². The average molecular weight is 683 g/mol. The number of nitrogens with one attached hydrogen (secondary N) is 2. The molecule has 2 saturated heterocycles. The second-order valence-corrected chi connectivity index (χ2v) is 16.4. The zero-order chi connectivity index (χ0) is 34.4. The molecule has 2 aromatic heterocycles. The maximum Gasteiger partial charge on any atom is 0.411 e. The monoisotopic (exact) mass is 682 g/mol. The molecule has 2 amide bonds. The van der Waals surface area contributed by atoms with Crippen LogP contribution in [0.1, 0.15) is 91.0 Å². The van der Waals surface area contributed by atoms with E-state index in [1.807, 2.05) is 69.7 Å². The molecule has 4 aliphatic rings. The van der Waals surface area contributed by atoms with Crippen LogP contribution in [0.3, 0.4) is 0 Å². The molecule has 8 rings (SSSR count). The van der Waals surface area contributed by atoms with Crippen LogP contribution in [0.25, 0.3) is 33.6 Å². The molecule has 2 N–H and O–H groups in total. The molecular weight excluding hydrogens is 640 g/mol. The Bertz CT molecular complexity index is 1900. The number of aromatic amines is 2. The number of carbonyl (C=O) groups excluding carboxylic acids is 2.